The van der Waals surface area contributed by atoms with Gasteiger partial charge < -0.3 is 9.84 Å². The fourth-order valence-corrected chi connectivity index (χ4v) is 2.40. The molecule has 8 heteroatoms. The van der Waals surface area contributed by atoms with E-state index in [0.29, 0.717) is 38.5 Å². The Morgan fingerprint density at radius 3 is 2.73 bits per heavy atom. The second-order valence-corrected chi connectivity index (χ2v) is 4.94. The minimum Gasteiger partial charge on any atom is -0.476 e. The summed E-state index contributed by atoms with van der Waals surface area (Å²) >= 11 is 0. The van der Waals surface area contributed by atoms with Crippen LogP contribution >= 0.6 is 0 Å². The van der Waals surface area contributed by atoms with Gasteiger partial charge in [0.1, 0.15) is 11.5 Å². The number of para-hydroxylation sites is 1. The molecule has 1 saturated heterocycles. The molecule has 2 aromatic rings. The van der Waals surface area contributed by atoms with Gasteiger partial charge >= 0.3 is 5.97 Å². The first-order valence-electron chi connectivity index (χ1n) is 6.89. The van der Waals surface area contributed by atoms with E-state index in [2.05, 4.69) is 10.3 Å². The van der Waals surface area contributed by atoms with Crippen LogP contribution in [0.15, 0.2) is 24.3 Å². The molecule has 1 N–H and O–H groups in total. The lowest BCUT2D eigenvalue weighted by Crippen LogP contribution is -2.36. The van der Waals surface area contributed by atoms with E-state index in [-0.39, 0.29) is 11.4 Å². The molecule has 1 fully saturated rings. The van der Waals surface area contributed by atoms with E-state index in [1.807, 2.05) is 4.90 Å². The number of carbonyl (C=O) groups is 1. The minimum atomic E-state index is -1.18. The number of carboxylic acid groups (broad SMARTS) is 1. The second-order valence-electron chi connectivity index (χ2n) is 4.94. The third-order valence-electron chi connectivity index (χ3n) is 3.52. The average Bonchev–Trinajstić information content (AvgIpc) is 2.92. The molecule has 1 aliphatic heterocycles. The molecule has 1 aromatic heterocycles. The molecule has 0 saturated carbocycles. The summed E-state index contributed by atoms with van der Waals surface area (Å²) in [7, 11) is 0. The van der Waals surface area contributed by atoms with Crippen LogP contribution in [0.1, 0.15) is 16.2 Å². The summed E-state index contributed by atoms with van der Waals surface area (Å²) in [5.41, 5.74) is 0.389. The Morgan fingerprint density at radius 1 is 1.32 bits per heavy atom. The Morgan fingerprint density at radius 2 is 2.05 bits per heavy atom. The van der Waals surface area contributed by atoms with E-state index in [0.717, 1.165) is 0 Å². The zero-order valence-corrected chi connectivity index (χ0v) is 11.8. The first-order chi connectivity index (χ1) is 10.7. The summed E-state index contributed by atoms with van der Waals surface area (Å²) in [6.07, 6.45) is 0. The van der Waals surface area contributed by atoms with Gasteiger partial charge in [-0.05, 0) is 12.1 Å². The largest absolute Gasteiger partial charge is 0.476 e. The topological polar surface area (TPSA) is 80.5 Å². The molecular formula is C14H15FN4O3. The SMILES string of the molecule is O=C(O)c1nnn(-c2ccccc2F)c1CN1CCOCC1. The van der Waals surface area contributed by atoms with Crippen LogP contribution < -0.4 is 0 Å². The highest BCUT2D eigenvalue weighted by Gasteiger charge is 2.24. The molecule has 1 aliphatic rings. The lowest BCUT2D eigenvalue weighted by atomic mass is 10.2. The van der Waals surface area contributed by atoms with Crippen molar-refractivity contribution in [3.8, 4) is 5.69 Å². The number of benzene rings is 1. The first kappa shape index (κ1) is 14.6. The summed E-state index contributed by atoms with van der Waals surface area (Å²) in [4.78, 5) is 13.4. The predicted octanol–water partition coefficient (Wildman–Crippen LogP) is 0.937. The number of hydrogen-bond donors (Lipinski definition) is 1. The van der Waals surface area contributed by atoms with Crippen LogP contribution in [0.4, 0.5) is 4.39 Å². The minimum absolute atomic E-state index is 0.158. The van der Waals surface area contributed by atoms with Gasteiger partial charge in [0.25, 0.3) is 0 Å². The van der Waals surface area contributed by atoms with Crippen LogP contribution in [0.5, 0.6) is 0 Å². The highest BCUT2D eigenvalue weighted by Crippen LogP contribution is 2.18. The third kappa shape index (κ3) is 2.83. The summed E-state index contributed by atoms with van der Waals surface area (Å²) in [5, 5.41) is 16.8. The maximum absolute atomic E-state index is 14.0. The molecule has 0 spiro atoms. The van der Waals surface area contributed by atoms with Gasteiger partial charge in [-0.1, -0.05) is 17.3 Å². The number of aromatic carboxylic acids is 1. The third-order valence-corrected chi connectivity index (χ3v) is 3.52. The van der Waals surface area contributed by atoms with Crippen molar-refractivity contribution in [2.75, 3.05) is 26.3 Å². The Bertz CT molecular complexity index is 682. The summed E-state index contributed by atoms with van der Waals surface area (Å²) in [6.45, 7) is 2.86. The van der Waals surface area contributed by atoms with Crippen LogP contribution in [0.25, 0.3) is 5.69 Å². The normalized spacial score (nSPS) is 15.9. The van der Waals surface area contributed by atoms with Crippen LogP contribution in [0, 0.1) is 5.82 Å². The summed E-state index contributed by atoms with van der Waals surface area (Å²) in [5.74, 6) is -1.65. The van der Waals surface area contributed by atoms with Crippen molar-refractivity contribution in [3.05, 3.63) is 41.5 Å². The van der Waals surface area contributed by atoms with E-state index in [4.69, 9.17) is 4.74 Å². The van der Waals surface area contributed by atoms with Gasteiger partial charge in [-0.25, -0.2) is 13.9 Å². The Balaban J connectivity index is 2.00. The van der Waals surface area contributed by atoms with Crippen molar-refractivity contribution in [1.29, 1.82) is 0 Å². The standard InChI is InChI=1S/C14H15FN4O3/c15-10-3-1-2-4-11(10)19-12(13(14(20)21)16-17-19)9-18-5-7-22-8-6-18/h1-4H,5-9H2,(H,20,21). The number of ether oxygens (including phenoxy) is 1. The monoisotopic (exact) mass is 306 g/mol. The molecule has 0 unspecified atom stereocenters. The number of nitrogens with zero attached hydrogens (tertiary/aromatic N) is 4. The molecule has 0 aliphatic carbocycles. The van der Waals surface area contributed by atoms with Crippen molar-refractivity contribution >= 4 is 5.97 Å². The van der Waals surface area contributed by atoms with Gasteiger partial charge in [-0.3, -0.25) is 4.90 Å². The van der Waals surface area contributed by atoms with E-state index in [1.165, 1.54) is 10.7 Å². The molecular weight excluding hydrogens is 291 g/mol. The Kier molecular flexibility index (Phi) is 4.12. The van der Waals surface area contributed by atoms with Gasteiger partial charge in [0, 0.05) is 19.6 Å². The molecule has 0 amide bonds. The van der Waals surface area contributed by atoms with E-state index in [9.17, 15) is 14.3 Å². The van der Waals surface area contributed by atoms with Crippen molar-refractivity contribution in [1.82, 2.24) is 19.9 Å². The van der Waals surface area contributed by atoms with Crippen molar-refractivity contribution in [2.45, 2.75) is 6.54 Å². The van der Waals surface area contributed by atoms with Gasteiger partial charge in [0.05, 0.1) is 18.9 Å². The maximum Gasteiger partial charge on any atom is 0.358 e. The van der Waals surface area contributed by atoms with Crippen LogP contribution in [0.3, 0.4) is 0 Å². The van der Waals surface area contributed by atoms with Gasteiger partial charge in [0.15, 0.2) is 5.69 Å². The zero-order valence-electron chi connectivity index (χ0n) is 11.8. The molecule has 7 nitrogen and oxygen atoms in total. The van der Waals surface area contributed by atoms with E-state index < -0.39 is 11.8 Å². The van der Waals surface area contributed by atoms with Gasteiger partial charge in [0.2, 0.25) is 0 Å². The fraction of sp³-hybridized carbons (Fsp3) is 0.357. The van der Waals surface area contributed by atoms with Crippen molar-refractivity contribution in [2.24, 2.45) is 0 Å². The number of carboxylic acids is 1. The highest BCUT2D eigenvalue weighted by atomic mass is 19.1. The highest BCUT2D eigenvalue weighted by molar-refractivity contribution is 5.86. The lowest BCUT2D eigenvalue weighted by Gasteiger charge is -2.26. The van der Waals surface area contributed by atoms with Gasteiger partial charge in [-0.15, -0.1) is 5.10 Å². The number of rotatable bonds is 4. The van der Waals surface area contributed by atoms with E-state index >= 15 is 0 Å². The summed E-state index contributed by atoms with van der Waals surface area (Å²) < 4.78 is 20.5. The number of aromatic nitrogens is 3. The second kappa shape index (κ2) is 6.20. The van der Waals surface area contributed by atoms with E-state index in [1.54, 1.807) is 18.2 Å². The smallest absolute Gasteiger partial charge is 0.358 e. The molecule has 0 radical (unpaired) electrons. The van der Waals surface area contributed by atoms with Crippen LogP contribution in [-0.2, 0) is 11.3 Å². The molecule has 116 valence electrons. The number of hydrogen-bond acceptors (Lipinski definition) is 5. The predicted molar refractivity (Wildman–Crippen MR) is 74.4 cm³/mol. The number of halogens is 1. The van der Waals surface area contributed by atoms with Crippen LogP contribution in [-0.4, -0.2) is 57.3 Å². The first-order valence-corrected chi connectivity index (χ1v) is 6.89. The van der Waals surface area contributed by atoms with Crippen molar-refractivity contribution in [3.63, 3.8) is 0 Å². The zero-order chi connectivity index (χ0) is 15.5. The fourth-order valence-electron chi connectivity index (χ4n) is 2.40. The van der Waals surface area contributed by atoms with Crippen molar-refractivity contribution < 1.29 is 19.0 Å². The quantitative estimate of drug-likeness (QED) is 0.905. The molecule has 1 aromatic carbocycles. The molecule has 22 heavy (non-hydrogen) atoms. The van der Waals surface area contributed by atoms with Crippen LogP contribution in [0.2, 0.25) is 0 Å². The average molecular weight is 306 g/mol. The molecule has 0 bridgehead atoms. The Hall–Kier alpha value is -2.32. The number of morpholine rings is 1. The maximum atomic E-state index is 14.0. The Labute approximate surface area is 125 Å². The molecule has 3 rings (SSSR count). The summed E-state index contributed by atoms with van der Waals surface area (Å²) in [6, 6.07) is 6.07. The lowest BCUT2D eigenvalue weighted by molar-refractivity contribution is 0.0330. The van der Waals surface area contributed by atoms with Gasteiger partial charge in [-0.2, -0.15) is 0 Å². The molecule has 0 atom stereocenters. The molecule has 2 heterocycles.